The molecule has 4 rings (SSSR count). The van der Waals surface area contributed by atoms with Gasteiger partial charge in [0.2, 0.25) is 17.6 Å². The molecule has 8 heteroatoms. The summed E-state index contributed by atoms with van der Waals surface area (Å²) in [6.45, 7) is 1.34. The highest BCUT2D eigenvalue weighted by atomic mass is 16.5. The molecule has 0 bridgehead atoms. The molecule has 2 heterocycles. The summed E-state index contributed by atoms with van der Waals surface area (Å²) < 4.78 is 16.5. The highest BCUT2D eigenvalue weighted by molar-refractivity contribution is 5.76. The molecule has 1 saturated heterocycles. The fourth-order valence-electron chi connectivity index (χ4n) is 4.34. The van der Waals surface area contributed by atoms with Crippen molar-refractivity contribution in [1.29, 1.82) is 0 Å². The Morgan fingerprint density at radius 2 is 2.21 bits per heavy atom. The maximum absolute atomic E-state index is 12.8. The van der Waals surface area contributed by atoms with Crippen molar-refractivity contribution in [3.8, 4) is 17.1 Å². The molecule has 1 saturated carbocycles. The van der Waals surface area contributed by atoms with Gasteiger partial charge in [-0.3, -0.25) is 4.79 Å². The lowest BCUT2D eigenvalue weighted by atomic mass is 10.1. The van der Waals surface area contributed by atoms with E-state index in [1.54, 1.807) is 7.11 Å². The smallest absolute Gasteiger partial charge is 0.226 e. The van der Waals surface area contributed by atoms with Gasteiger partial charge in [-0.15, -0.1) is 0 Å². The first kappa shape index (κ1) is 19.8. The molecule has 0 unspecified atom stereocenters. The van der Waals surface area contributed by atoms with Crippen LogP contribution in [0.3, 0.4) is 0 Å². The number of fused-ring (bicyclic) bond motifs is 1. The van der Waals surface area contributed by atoms with E-state index in [0.29, 0.717) is 49.9 Å². The van der Waals surface area contributed by atoms with Crippen LogP contribution in [-0.2, 0) is 16.0 Å². The zero-order valence-electron chi connectivity index (χ0n) is 16.6. The van der Waals surface area contributed by atoms with E-state index in [-0.39, 0.29) is 30.6 Å². The third kappa shape index (κ3) is 4.28. The van der Waals surface area contributed by atoms with Gasteiger partial charge in [0, 0.05) is 26.0 Å². The molecular formula is C21H27N3O5. The van der Waals surface area contributed by atoms with E-state index >= 15 is 0 Å². The second-order valence-corrected chi connectivity index (χ2v) is 7.65. The quantitative estimate of drug-likeness (QED) is 0.758. The first-order chi connectivity index (χ1) is 14.2. The molecule has 29 heavy (non-hydrogen) atoms. The molecule has 1 aliphatic heterocycles. The number of rotatable bonds is 7. The standard InChI is InChI=1S/C21H27N3O5/c1-27-17-6-3-2-5-15(17)21-22-19(29-23-21)7-4-8-20(26)24-9-10-28-18-12-14(13-25)11-16(18)24/h2-3,5-6,14,16,18,25H,4,7-13H2,1H3/t14-,16+,18+/m1/s1. The van der Waals surface area contributed by atoms with Gasteiger partial charge in [0.05, 0.1) is 31.4 Å². The van der Waals surface area contributed by atoms with E-state index in [1.807, 2.05) is 29.2 Å². The van der Waals surface area contributed by atoms with Crippen molar-refractivity contribution >= 4 is 5.91 Å². The number of morpholine rings is 1. The lowest BCUT2D eigenvalue weighted by Crippen LogP contribution is -2.51. The van der Waals surface area contributed by atoms with E-state index in [2.05, 4.69) is 10.1 Å². The third-order valence-electron chi connectivity index (χ3n) is 5.81. The summed E-state index contributed by atoms with van der Waals surface area (Å²) in [6.07, 6.45) is 3.33. The van der Waals surface area contributed by atoms with E-state index in [0.717, 1.165) is 18.4 Å². The van der Waals surface area contributed by atoms with Crippen LogP contribution in [0.1, 0.15) is 31.6 Å². The van der Waals surface area contributed by atoms with Crippen LogP contribution in [0.4, 0.5) is 0 Å². The molecule has 0 spiro atoms. The number of aryl methyl sites for hydroxylation is 1. The van der Waals surface area contributed by atoms with Gasteiger partial charge in [0.15, 0.2) is 0 Å². The van der Waals surface area contributed by atoms with Gasteiger partial charge in [0.1, 0.15) is 5.75 Å². The Kier molecular flexibility index (Phi) is 6.10. The van der Waals surface area contributed by atoms with Crippen molar-refractivity contribution in [2.45, 2.75) is 44.2 Å². The molecule has 1 N–H and O–H groups in total. The average Bonchev–Trinajstić information content (AvgIpc) is 3.40. The highest BCUT2D eigenvalue weighted by Gasteiger charge is 2.42. The molecule has 1 amide bonds. The number of carbonyl (C=O) groups excluding carboxylic acids is 1. The summed E-state index contributed by atoms with van der Waals surface area (Å²) in [6, 6.07) is 7.61. The Balaban J connectivity index is 1.31. The molecule has 1 aliphatic carbocycles. The molecule has 2 aliphatic rings. The van der Waals surface area contributed by atoms with Crippen molar-refractivity contribution in [2.75, 3.05) is 26.9 Å². The second-order valence-electron chi connectivity index (χ2n) is 7.65. The van der Waals surface area contributed by atoms with Crippen molar-refractivity contribution in [1.82, 2.24) is 15.0 Å². The molecular weight excluding hydrogens is 374 g/mol. The number of ether oxygens (including phenoxy) is 2. The number of aliphatic hydroxyl groups excluding tert-OH is 1. The number of amides is 1. The number of carbonyl (C=O) groups is 1. The van der Waals surface area contributed by atoms with E-state index in [9.17, 15) is 9.90 Å². The van der Waals surface area contributed by atoms with Gasteiger partial charge in [-0.1, -0.05) is 17.3 Å². The van der Waals surface area contributed by atoms with Crippen LogP contribution in [0.2, 0.25) is 0 Å². The van der Waals surface area contributed by atoms with E-state index < -0.39 is 0 Å². The van der Waals surface area contributed by atoms with Crippen LogP contribution in [0.5, 0.6) is 5.75 Å². The van der Waals surface area contributed by atoms with Gasteiger partial charge in [-0.25, -0.2) is 0 Å². The number of aromatic nitrogens is 2. The molecule has 1 aromatic heterocycles. The van der Waals surface area contributed by atoms with Crippen LogP contribution < -0.4 is 4.74 Å². The highest BCUT2D eigenvalue weighted by Crippen LogP contribution is 2.34. The largest absolute Gasteiger partial charge is 0.496 e. The number of aliphatic hydroxyl groups is 1. The Bertz CT molecular complexity index is 839. The van der Waals surface area contributed by atoms with Crippen LogP contribution in [0.25, 0.3) is 11.4 Å². The predicted molar refractivity (Wildman–Crippen MR) is 104 cm³/mol. The Hall–Kier alpha value is -2.45. The zero-order valence-corrected chi connectivity index (χ0v) is 16.6. The van der Waals surface area contributed by atoms with Crippen LogP contribution in [-0.4, -0.2) is 65.1 Å². The summed E-state index contributed by atoms with van der Waals surface area (Å²) in [5, 5.41) is 13.5. The molecule has 2 fully saturated rings. The molecule has 156 valence electrons. The summed E-state index contributed by atoms with van der Waals surface area (Å²) in [4.78, 5) is 19.1. The number of nitrogens with zero attached hydrogens (tertiary/aromatic N) is 3. The minimum atomic E-state index is 0.0594. The van der Waals surface area contributed by atoms with Crippen molar-refractivity contribution in [2.24, 2.45) is 5.92 Å². The van der Waals surface area contributed by atoms with Crippen LogP contribution in [0, 0.1) is 5.92 Å². The van der Waals surface area contributed by atoms with Crippen LogP contribution in [0.15, 0.2) is 28.8 Å². The summed E-state index contributed by atoms with van der Waals surface area (Å²) >= 11 is 0. The van der Waals surface area contributed by atoms with Crippen molar-refractivity contribution in [3.05, 3.63) is 30.2 Å². The lowest BCUT2D eigenvalue weighted by Gasteiger charge is -2.37. The fraction of sp³-hybridized carbons (Fsp3) is 0.571. The number of hydrogen-bond donors (Lipinski definition) is 1. The first-order valence-electron chi connectivity index (χ1n) is 10.2. The van der Waals surface area contributed by atoms with Gasteiger partial charge in [-0.05, 0) is 37.3 Å². The monoisotopic (exact) mass is 401 g/mol. The molecule has 0 radical (unpaired) electrons. The Labute approximate surface area is 169 Å². The van der Waals surface area contributed by atoms with E-state index in [1.165, 1.54) is 0 Å². The van der Waals surface area contributed by atoms with Gasteiger partial charge in [-0.2, -0.15) is 4.98 Å². The summed E-state index contributed by atoms with van der Waals surface area (Å²) in [7, 11) is 1.61. The fourth-order valence-corrected chi connectivity index (χ4v) is 4.34. The maximum Gasteiger partial charge on any atom is 0.226 e. The SMILES string of the molecule is COc1ccccc1-c1noc(CCCC(=O)N2CCO[C@H]3C[C@H](CO)C[C@@H]32)n1. The van der Waals surface area contributed by atoms with Crippen molar-refractivity contribution in [3.63, 3.8) is 0 Å². The molecule has 3 atom stereocenters. The normalized spacial score (nSPS) is 23.8. The molecule has 1 aromatic carbocycles. The lowest BCUT2D eigenvalue weighted by molar-refractivity contribution is -0.144. The number of benzene rings is 1. The Morgan fingerprint density at radius 1 is 1.34 bits per heavy atom. The van der Waals surface area contributed by atoms with Gasteiger partial charge < -0.3 is 24.0 Å². The van der Waals surface area contributed by atoms with Gasteiger partial charge in [0.25, 0.3) is 0 Å². The molecule has 2 aromatic rings. The van der Waals surface area contributed by atoms with Crippen molar-refractivity contribution < 1.29 is 23.9 Å². The predicted octanol–water partition coefficient (Wildman–Crippen LogP) is 2.07. The van der Waals surface area contributed by atoms with Crippen LogP contribution >= 0.6 is 0 Å². The average molecular weight is 401 g/mol. The minimum Gasteiger partial charge on any atom is -0.496 e. The number of hydrogen-bond acceptors (Lipinski definition) is 7. The minimum absolute atomic E-state index is 0.0594. The first-order valence-corrected chi connectivity index (χ1v) is 10.2. The third-order valence-corrected chi connectivity index (χ3v) is 5.81. The summed E-state index contributed by atoms with van der Waals surface area (Å²) in [5.41, 5.74) is 0.778. The summed E-state index contributed by atoms with van der Waals surface area (Å²) in [5.74, 6) is 2.05. The zero-order chi connectivity index (χ0) is 20.2. The Morgan fingerprint density at radius 3 is 3.03 bits per heavy atom. The van der Waals surface area contributed by atoms with E-state index in [4.69, 9.17) is 14.0 Å². The maximum atomic E-state index is 12.8. The second kappa shape index (κ2) is 8.92. The topological polar surface area (TPSA) is 97.9 Å². The van der Waals surface area contributed by atoms with Gasteiger partial charge >= 0.3 is 0 Å². The number of para-hydroxylation sites is 1. The number of methoxy groups -OCH3 is 1. The molecule has 8 nitrogen and oxygen atoms in total.